The van der Waals surface area contributed by atoms with Gasteiger partial charge in [0.15, 0.2) is 5.13 Å². The third kappa shape index (κ3) is 2.80. The summed E-state index contributed by atoms with van der Waals surface area (Å²) in [6.07, 6.45) is 0. The van der Waals surface area contributed by atoms with Gasteiger partial charge in [0.1, 0.15) is 5.82 Å². The van der Waals surface area contributed by atoms with Gasteiger partial charge < -0.3 is 5.32 Å². The van der Waals surface area contributed by atoms with Crippen LogP contribution in [0.3, 0.4) is 0 Å². The number of rotatable bonds is 2. The van der Waals surface area contributed by atoms with Gasteiger partial charge in [-0.1, -0.05) is 27.3 Å². The molecule has 2 aromatic carbocycles. The van der Waals surface area contributed by atoms with Crippen LogP contribution in [-0.4, -0.2) is 4.98 Å². The number of thiazole rings is 1. The standard InChI is InChI=1S/C13H7Br2FN2S/c14-7-1-4-12-11(5-7)18-13(19-12)17-8-2-3-10(16)9(15)6-8/h1-6H,(H,17,18). The van der Waals surface area contributed by atoms with Crippen molar-refractivity contribution in [1.29, 1.82) is 0 Å². The molecule has 0 fully saturated rings. The number of halogens is 3. The van der Waals surface area contributed by atoms with Gasteiger partial charge in [-0.2, -0.15) is 0 Å². The number of nitrogens with one attached hydrogen (secondary N) is 1. The van der Waals surface area contributed by atoms with E-state index in [-0.39, 0.29) is 5.82 Å². The van der Waals surface area contributed by atoms with Gasteiger partial charge in [-0.15, -0.1) is 0 Å². The molecular formula is C13H7Br2FN2S. The third-order valence-electron chi connectivity index (χ3n) is 2.52. The SMILES string of the molecule is Fc1ccc(Nc2nc3cc(Br)ccc3s2)cc1Br. The largest absolute Gasteiger partial charge is 0.331 e. The van der Waals surface area contributed by atoms with Gasteiger partial charge in [0.05, 0.1) is 14.7 Å². The van der Waals surface area contributed by atoms with Crippen LogP contribution in [-0.2, 0) is 0 Å². The molecular weight excluding hydrogens is 395 g/mol. The molecule has 96 valence electrons. The maximum Gasteiger partial charge on any atom is 0.188 e. The molecule has 3 aromatic rings. The van der Waals surface area contributed by atoms with E-state index in [0.717, 1.165) is 25.5 Å². The maximum absolute atomic E-state index is 13.2. The summed E-state index contributed by atoms with van der Waals surface area (Å²) in [4.78, 5) is 4.49. The summed E-state index contributed by atoms with van der Waals surface area (Å²) >= 11 is 8.15. The number of nitrogens with zero attached hydrogens (tertiary/aromatic N) is 1. The highest BCUT2D eigenvalue weighted by atomic mass is 79.9. The fourth-order valence-corrected chi connectivity index (χ4v) is 3.25. The van der Waals surface area contributed by atoms with Crippen molar-refractivity contribution < 1.29 is 4.39 Å². The molecule has 0 unspecified atom stereocenters. The molecule has 0 saturated heterocycles. The quantitative estimate of drug-likeness (QED) is 0.595. The van der Waals surface area contributed by atoms with Gasteiger partial charge in [-0.25, -0.2) is 9.37 Å². The predicted octanol–water partition coefficient (Wildman–Crippen LogP) is 5.70. The zero-order valence-electron chi connectivity index (χ0n) is 9.45. The van der Waals surface area contributed by atoms with E-state index in [9.17, 15) is 4.39 Å². The first-order valence-electron chi connectivity index (χ1n) is 5.40. The minimum atomic E-state index is -0.279. The number of hydrogen-bond donors (Lipinski definition) is 1. The molecule has 0 atom stereocenters. The van der Waals surface area contributed by atoms with Crippen molar-refractivity contribution in [2.75, 3.05) is 5.32 Å². The molecule has 2 nitrogen and oxygen atoms in total. The second-order valence-corrected chi connectivity index (χ2v) is 6.69. The molecule has 19 heavy (non-hydrogen) atoms. The van der Waals surface area contributed by atoms with Crippen molar-refractivity contribution in [1.82, 2.24) is 4.98 Å². The molecule has 0 bridgehead atoms. The molecule has 0 aliphatic carbocycles. The Kier molecular flexibility index (Phi) is 3.56. The zero-order valence-corrected chi connectivity index (χ0v) is 13.4. The van der Waals surface area contributed by atoms with Gasteiger partial charge >= 0.3 is 0 Å². The topological polar surface area (TPSA) is 24.9 Å². The molecule has 0 aliphatic rings. The Morgan fingerprint density at radius 2 is 1.95 bits per heavy atom. The van der Waals surface area contributed by atoms with Crippen LogP contribution < -0.4 is 5.32 Å². The summed E-state index contributed by atoms with van der Waals surface area (Å²) in [6.45, 7) is 0. The van der Waals surface area contributed by atoms with Gasteiger partial charge in [0.2, 0.25) is 0 Å². The fraction of sp³-hybridized carbons (Fsp3) is 0. The average molecular weight is 402 g/mol. The second kappa shape index (κ2) is 5.19. The average Bonchev–Trinajstić information content (AvgIpc) is 2.75. The molecule has 0 radical (unpaired) electrons. The van der Waals surface area contributed by atoms with E-state index >= 15 is 0 Å². The van der Waals surface area contributed by atoms with E-state index in [2.05, 4.69) is 42.2 Å². The summed E-state index contributed by atoms with van der Waals surface area (Å²) in [5.74, 6) is -0.279. The highest BCUT2D eigenvalue weighted by molar-refractivity contribution is 9.10. The molecule has 6 heteroatoms. The van der Waals surface area contributed by atoms with Crippen LogP contribution in [0.2, 0.25) is 0 Å². The van der Waals surface area contributed by atoms with E-state index in [1.54, 1.807) is 23.5 Å². The first-order chi connectivity index (χ1) is 9.11. The number of fused-ring (bicyclic) bond motifs is 1. The molecule has 1 aromatic heterocycles. The van der Waals surface area contributed by atoms with Crippen molar-refractivity contribution in [3.63, 3.8) is 0 Å². The molecule has 0 spiro atoms. The Balaban J connectivity index is 1.94. The second-order valence-electron chi connectivity index (χ2n) is 3.88. The van der Waals surface area contributed by atoms with Crippen LogP contribution in [0.1, 0.15) is 0 Å². The fourth-order valence-electron chi connectivity index (χ4n) is 1.65. The number of aromatic nitrogens is 1. The Morgan fingerprint density at radius 3 is 2.74 bits per heavy atom. The van der Waals surface area contributed by atoms with Crippen molar-refractivity contribution in [3.8, 4) is 0 Å². The number of hydrogen-bond acceptors (Lipinski definition) is 3. The first-order valence-corrected chi connectivity index (χ1v) is 7.80. The summed E-state index contributed by atoms with van der Waals surface area (Å²) in [6, 6.07) is 10.8. The normalized spacial score (nSPS) is 10.9. The van der Waals surface area contributed by atoms with E-state index in [4.69, 9.17) is 0 Å². The smallest absolute Gasteiger partial charge is 0.188 e. The van der Waals surface area contributed by atoms with Crippen molar-refractivity contribution in [2.45, 2.75) is 0 Å². The molecule has 3 rings (SSSR count). The Bertz CT molecular complexity index is 757. The van der Waals surface area contributed by atoms with Gasteiger partial charge in [0.25, 0.3) is 0 Å². The van der Waals surface area contributed by atoms with Gasteiger partial charge in [0, 0.05) is 10.2 Å². The Hall–Kier alpha value is -0.980. The highest BCUT2D eigenvalue weighted by Crippen LogP contribution is 2.31. The van der Waals surface area contributed by atoms with E-state index < -0.39 is 0 Å². The molecule has 0 aliphatic heterocycles. The zero-order chi connectivity index (χ0) is 13.4. The van der Waals surface area contributed by atoms with Crippen LogP contribution in [0.5, 0.6) is 0 Å². The van der Waals surface area contributed by atoms with Crippen LogP contribution in [0.25, 0.3) is 10.2 Å². The van der Waals surface area contributed by atoms with Crippen LogP contribution in [0, 0.1) is 5.82 Å². The van der Waals surface area contributed by atoms with E-state index in [1.807, 2.05) is 18.2 Å². The summed E-state index contributed by atoms with van der Waals surface area (Å²) in [5.41, 5.74) is 1.73. The van der Waals surface area contributed by atoms with E-state index in [1.165, 1.54) is 6.07 Å². The Labute approximate surface area is 129 Å². The van der Waals surface area contributed by atoms with Crippen LogP contribution in [0.15, 0.2) is 45.3 Å². The lowest BCUT2D eigenvalue weighted by Crippen LogP contribution is -1.89. The van der Waals surface area contributed by atoms with Crippen molar-refractivity contribution in [2.24, 2.45) is 0 Å². The monoisotopic (exact) mass is 400 g/mol. The van der Waals surface area contributed by atoms with Gasteiger partial charge in [-0.3, -0.25) is 0 Å². The van der Waals surface area contributed by atoms with Crippen LogP contribution >= 0.6 is 43.2 Å². The van der Waals surface area contributed by atoms with Crippen molar-refractivity contribution >= 4 is 64.2 Å². The lowest BCUT2D eigenvalue weighted by Gasteiger charge is -2.03. The lowest BCUT2D eigenvalue weighted by molar-refractivity contribution is 0.621. The number of benzene rings is 2. The third-order valence-corrected chi connectivity index (χ3v) is 4.57. The minimum Gasteiger partial charge on any atom is -0.331 e. The minimum absolute atomic E-state index is 0.279. The Morgan fingerprint density at radius 1 is 1.11 bits per heavy atom. The first kappa shape index (κ1) is 13.0. The van der Waals surface area contributed by atoms with Crippen molar-refractivity contribution in [3.05, 3.63) is 51.2 Å². The molecule has 0 amide bonds. The maximum atomic E-state index is 13.2. The molecule has 0 saturated carbocycles. The summed E-state index contributed by atoms with van der Waals surface area (Å²) in [7, 11) is 0. The highest BCUT2D eigenvalue weighted by Gasteiger charge is 2.06. The number of anilines is 2. The molecule has 1 N–H and O–H groups in total. The van der Waals surface area contributed by atoms with Gasteiger partial charge in [-0.05, 0) is 52.3 Å². The van der Waals surface area contributed by atoms with E-state index in [0.29, 0.717) is 4.47 Å². The molecule has 1 heterocycles. The predicted molar refractivity (Wildman–Crippen MR) is 84.7 cm³/mol. The summed E-state index contributed by atoms with van der Waals surface area (Å²) in [5, 5.41) is 3.96. The van der Waals surface area contributed by atoms with Crippen LogP contribution in [0.4, 0.5) is 15.2 Å². The summed E-state index contributed by atoms with van der Waals surface area (Å²) < 4.78 is 15.7. The lowest BCUT2D eigenvalue weighted by atomic mass is 10.3.